The highest BCUT2D eigenvalue weighted by Crippen LogP contribution is 2.38. The number of aryl methyl sites for hydroxylation is 1. The quantitative estimate of drug-likeness (QED) is 0.697. The maximum atomic E-state index is 12.7. The summed E-state index contributed by atoms with van der Waals surface area (Å²) in [6.07, 6.45) is -4.34. The largest absolute Gasteiger partial charge is 0.490 e. The fourth-order valence-electron chi connectivity index (χ4n) is 3.91. The second-order valence-electron chi connectivity index (χ2n) is 7.62. The number of nitrogens with zero attached hydrogens (tertiary/aromatic N) is 2. The van der Waals surface area contributed by atoms with Crippen LogP contribution in [0.5, 0.6) is 11.5 Å². The first-order valence-electron chi connectivity index (χ1n) is 10.1. The van der Waals surface area contributed by atoms with Gasteiger partial charge < -0.3 is 23.5 Å². The molecule has 0 spiro atoms. The predicted octanol–water partition coefficient (Wildman–Crippen LogP) is 2.99. The van der Waals surface area contributed by atoms with Crippen molar-refractivity contribution in [2.24, 2.45) is 0 Å². The number of halogens is 3. The molecule has 2 aliphatic heterocycles. The zero-order valence-electron chi connectivity index (χ0n) is 17.3. The van der Waals surface area contributed by atoms with E-state index in [4.69, 9.17) is 18.9 Å². The Hall–Kier alpha value is -3.03. The summed E-state index contributed by atoms with van der Waals surface area (Å²) in [6.45, 7) is 2.29. The first-order chi connectivity index (χ1) is 15.3. The van der Waals surface area contributed by atoms with Crippen molar-refractivity contribution < 1.29 is 32.1 Å². The van der Waals surface area contributed by atoms with Gasteiger partial charge in [-0.05, 0) is 31.0 Å². The molecule has 0 radical (unpaired) electrons. The van der Waals surface area contributed by atoms with Crippen LogP contribution in [0.4, 0.5) is 13.2 Å². The molecule has 1 aromatic heterocycles. The van der Waals surface area contributed by atoms with Gasteiger partial charge in [-0.15, -0.1) is 0 Å². The van der Waals surface area contributed by atoms with Gasteiger partial charge in [0.15, 0.2) is 6.61 Å². The molecule has 0 aliphatic carbocycles. The molecule has 0 unspecified atom stereocenters. The minimum atomic E-state index is -4.52. The molecular weight excluding hydrogens is 429 g/mol. The molecule has 2 aromatic rings. The molecule has 32 heavy (non-hydrogen) atoms. The van der Waals surface area contributed by atoms with Crippen molar-refractivity contribution in [1.82, 2.24) is 4.57 Å². The number of fused-ring (bicyclic) bond motifs is 3. The third kappa shape index (κ3) is 4.59. The lowest BCUT2D eigenvalue weighted by molar-refractivity contribution is -0.153. The number of nitriles is 1. The third-order valence-corrected chi connectivity index (χ3v) is 5.40. The van der Waals surface area contributed by atoms with Gasteiger partial charge in [0.25, 0.3) is 5.56 Å². The van der Waals surface area contributed by atoms with Gasteiger partial charge in [0, 0.05) is 23.7 Å². The van der Waals surface area contributed by atoms with Crippen LogP contribution in [0.2, 0.25) is 0 Å². The van der Waals surface area contributed by atoms with Crippen LogP contribution in [0.3, 0.4) is 0 Å². The van der Waals surface area contributed by atoms with Crippen LogP contribution < -0.4 is 15.0 Å². The molecule has 1 atom stereocenters. The van der Waals surface area contributed by atoms with E-state index in [0.29, 0.717) is 60.9 Å². The van der Waals surface area contributed by atoms with Crippen molar-refractivity contribution in [3.05, 3.63) is 45.2 Å². The van der Waals surface area contributed by atoms with Gasteiger partial charge in [-0.3, -0.25) is 4.79 Å². The van der Waals surface area contributed by atoms with Crippen LogP contribution in [0.15, 0.2) is 23.0 Å². The van der Waals surface area contributed by atoms with E-state index in [1.54, 1.807) is 11.5 Å². The number of ether oxygens (including phenoxy) is 4. The highest BCUT2D eigenvalue weighted by Gasteiger charge is 2.30. The Balaban J connectivity index is 1.69. The second-order valence-corrected chi connectivity index (χ2v) is 7.62. The Labute approximate surface area is 181 Å². The summed E-state index contributed by atoms with van der Waals surface area (Å²) in [6, 6.07) is 6.23. The fraction of sp³-hybridized carbons (Fsp3) is 0.455. The normalized spacial score (nSPS) is 17.8. The fourth-order valence-corrected chi connectivity index (χ4v) is 3.91. The molecule has 1 saturated heterocycles. The third-order valence-electron chi connectivity index (χ3n) is 5.40. The number of aromatic nitrogens is 1. The predicted molar refractivity (Wildman–Crippen MR) is 107 cm³/mol. The van der Waals surface area contributed by atoms with Crippen LogP contribution in [0.1, 0.15) is 16.7 Å². The van der Waals surface area contributed by atoms with Gasteiger partial charge in [0.05, 0.1) is 31.1 Å². The Kier molecular flexibility index (Phi) is 6.13. The smallest absolute Gasteiger partial charge is 0.422 e. The average molecular weight is 450 g/mol. The molecule has 10 heteroatoms. The zero-order valence-corrected chi connectivity index (χ0v) is 17.3. The van der Waals surface area contributed by atoms with Crippen molar-refractivity contribution in [1.29, 1.82) is 5.26 Å². The van der Waals surface area contributed by atoms with Crippen molar-refractivity contribution in [3.8, 4) is 28.8 Å². The average Bonchev–Trinajstić information content (AvgIpc) is 2.78. The summed E-state index contributed by atoms with van der Waals surface area (Å²) >= 11 is 0. The van der Waals surface area contributed by atoms with E-state index in [2.05, 4.69) is 0 Å². The van der Waals surface area contributed by atoms with E-state index < -0.39 is 12.8 Å². The second kappa shape index (κ2) is 8.84. The van der Waals surface area contributed by atoms with E-state index in [0.717, 1.165) is 0 Å². The molecule has 170 valence electrons. The van der Waals surface area contributed by atoms with Crippen molar-refractivity contribution in [2.45, 2.75) is 32.2 Å². The summed E-state index contributed by atoms with van der Waals surface area (Å²) in [5.74, 6) is 0.262. The lowest BCUT2D eigenvalue weighted by Gasteiger charge is -2.27. The van der Waals surface area contributed by atoms with E-state index in [-0.39, 0.29) is 29.6 Å². The summed E-state index contributed by atoms with van der Waals surface area (Å²) in [5, 5.41) is 9.47. The Bertz CT molecular complexity index is 1110. The first-order valence-corrected chi connectivity index (χ1v) is 10.1. The number of benzene rings is 1. The van der Waals surface area contributed by atoms with Gasteiger partial charge in [-0.25, -0.2) is 0 Å². The van der Waals surface area contributed by atoms with Gasteiger partial charge in [-0.2, -0.15) is 18.4 Å². The van der Waals surface area contributed by atoms with Crippen LogP contribution in [0.25, 0.3) is 11.3 Å². The van der Waals surface area contributed by atoms with E-state index in [1.165, 1.54) is 18.2 Å². The molecule has 0 amide bonds. The van der Waals surface area contributed by atoms with Gasteiger partial charge in [0.2, 0.25) is 0 Å². The Morgan fingerprint density at radius 1 is 1.22 bits per heavy atom. The lowest BCUT2D eigenvalue weighted by Crippen LogP contribution is -2.34. The van der Waals surface area contributed by atoms with E-state index >= 15 is 0 Å². The van der Waals surface area contributed by atoms with Gasteiger partial charge >= 0.3 is 6.18 Å². The number of hydrogen-bond donors (Lipinski definition) is 0. The summed E-state index contributed by atoms with van der Waals surface area (Å²) in [7, 11) is 0. The summed E-state index contributed by atoms with van der Waals surface area (Å²) in [4.78, 5) is 12.7. The highest BCUT2D eigenvalue weighted by molar-refractivity contribution is 5.74. The SMILES string of the molecule is Cc1c(OC[C@@H]2COCCO2)cc(=O)n2c1-c1cc(C#N)c(OCC(F)(F)F)cc1CC2. The molecule has 1 aromatic carbocycles. The summed E-state index contributed by atoms with van der Waals surface area (Å²) < 4.78 is 61.0. The molecular formula is C22H21F3N2O5. The number of pyridine rings is 1. The van der Waals surface area contributed by atoms with Crippen LogP contribution >= 0.6 is 0 Å². The van der Waals surface area contributed by atoms with Crippen LogP contribution in [-0.2, 0) is 22.4 Å². The first kappa shape index (κ1) is 22.2. The molecule has 4 rings (SSSR count). The monoisotopic (exact) mass is 450 g/mol. The minimum absolute atomic E-state index is 0.0348. The maximum absolute atomic E-state index is 12.7. The molecule has 1 fully saturated rings. The molecule has 0 bridgehead atoms. The Morgan fingerprint density at radius 2 is 2.03 bits per heavy atom. The van der Waals surface area contributed by atoms with E-state index in [9.17, 15) is 23.2 Å². The van der Waals surface area contributed by atoms with Crippen LogP contribution in [-0.4, -0.2) is 49.9 Å². The highest BCUT2D eigenvalue weighted by atomic mass is 19.4. The topological polar surface area (TPSA) is 82.7 Å². The maximum Gasteiger partial charge on any atom is 0.422 e. The molecule has 2 aliphatic rings. The van der Waals surface area contributed by atoms with Crippen molar-refractivity contribution in [3.63, 3.8) is 0 Å². The van der Waals surface area contributed by atoms with Gasteiger partial charge in [-0.1, -0.05) is 0 Å². The molecule has 3 heterocycles. The minimum Gasteiger partial charge on any atom is -0.490 e. The van der Waals surface area contributed by atoms with E-state index in [1.807, 2.05) is 6.07 Å². The lowest BCUT2D eigenvalue weighted by atomic mass is 9.92. The van der Waals surface area contributed by atoms with Gasteiger partial charge in [0.1, 0.15) is 30.3 Å². The van der Waals surface area contributed by atoms with Crippen LogP contribution in [0, 0.1) is 18.3 Å². The molecule has 7 nitrogen and oxygen atoms in total. The molecule has 0 N–H and O–H groups in total. The number of hydrogen-bond acceptors (Lipinski definition) is 6. The van der Waals surface area contributed by atoms with Crippen molar-refractivity contribution in [2.75, 3.05) is 33.0 Å². The Morgan fingerprint density at radius 3 is 2.72 bits per heavy atom. The number of rotatable bonds is 5. The standard InChI is InChI=1S/C22H21F3N2O5/c1-13-18(31-11-16-10-29-4-5-30-16)8-20(28)27-3-2-14-7-19(32-12-22(23,24)25)15(9-26)6-17(14)21(13)27/h6-8,16H,2-5,10-12H2,1H3/t16-/m0/s1. The number of alkyl halides is 3. The molecule has 0 saturated carbocycles. The van der Waals surface area contributed by atoms with Crippen molar-refractivity contribution >= 4 is 0 Å². The summed E-state index contributed by atoms with van der Waals surface area (Å²) in [5.41, 5.74) is 2.27. The zero-order chi connectivity index (χ0) is 22.9.